The van der Waals surface area contributed by atoms with Gasteiger partial charge in [-0.25, -0.2) is 0 Å². The Balaban J connectivity index is 2.35. The Kier molecular flexibility index (Phi) is 1.48. The summed E-state index contributed by atoms with van der Waals surface area (Å²) in [5.41, 5.74) is 0. The van der Waals surface area contributed by atoms with Gasteiger partial charge in [0.25, 0.3) is 0 Å². The number of carboxylic acids is 1. The normalized spacial score (nSPS) is 28.2. The van der Waals surface area contributed by atoms with Crippen LogP contribution in [0.2, 0.25) is 0 Å². The first kappa shape index (κ1) is 5.56. The van der Waals surface area contributed by atoms with Crippen molar-refractivity contribution >= 4 is 5.97 Å². The van der Waals surface area contributed by atoms with Gasteiger partial charge in [-0.15, -0.1) is 0 Å². The molecule has 46 valence electrons. The molecule has 1 aliphatic rings. The highest BCUT2D eigenvalue weighted by atomic mass is 16.5. The SMILES string of the molecule is O=[13C](O)[13CH]1CCC[15NH]1. The average molecular weight is 118 g/mol. The molecule has 3 nitrogen and oxygen atoms in total. The number of nitrogens with one attached hydrogen (secondary N) is 1. The van der Waals surface area contributed by atoms with Crippen molar-refractivity contribution in [2.75, 3.05) is 6.54 Å². The smallest absolute Gasteiger partial charge is 0.320 e. The summed E-state index contributed by atoms with van der Waals surface area (Å²) in [5, 5.41) is 11.2. The van der Waals surface area contributed by atoms with Gasteiger partial charge in [-0.3, -0.25) is 4.79 Å². The minimum Gasteiger partial charge on any atom is -0.480 e. The molecule has 0 aromatic carbocycles. The number of rotatable bonds is 1. The second-order valence-electron chi connectivity index (χ2n) is 1.99. The van der Waals surface area contributed by atoms with E-state index in [1.165, 1.54) is 0 Å². The van der Waals surface area contributed by atoms with Crippen LogP contribution in [0.1, 0.15) is 12.8 Å². The van der Waals surface area contributed by atoms with Crippen molar-refractivity contribution in [1.29, 1.82) is 0 Å². The van der Waals surface area contributed by atoms with E-state index in [-0.39, 0.29) is 6.04 Å². The Hall–Kier alpha value is -0.570. The molecule has 1 saturated heterocycles. The highest BCUT2D eigenvalue weighted by Crippen LogP contribution is 2.03. The Labute approximate surface area is 47.7 Å². The maximum Gasteiger partial charge on any atom is 0.320 e. The fraction of sp³-hybridized carbons (Fsp3) is 0.800. The minimum absolute atomic E-state index is 0.269. The van der Waals surface area contributed by atoms with Gasteiger partial charge in [-0.1, -0.05) is 0 Å². The third kappa shape index (κ3) is 0.980. The molecule has 0 saturated carbocycles. The van der Waals surface area contributed by atoms with Crippen molar-refractivity contribution in [3.63, 3.8) is 0 Å². The molecule has 1 heterocycles. The van der Waals surface area contributed by atoms with E-state index in [1.54, 1.807) is 0 Å². The van der Waals surface area contributed by atoms with E-state index in [1.807, 2.05) is 0 Å². The van der Waals surface area contributed by atoms with Gasteiger partial charge >= 0.3 is 5.97 Å². The topological polar surface area (TPSA) is 49.3 Å². The Morgan fingerprint density at radius 1 is 1.75 bits per heavy atom. The molecular formula is C5H9NO2. The molecule has 0 bridgehead atoms. The van der Waals surface area contributed by atoms with Crippen LogP contribution < -0.4 is 5.32 Å². The summed E-state index contributed by atoms with van der Waals surface area (Å²) in [7, 11) is 0. The van der Waals surface area contributed by atoms with Crippen LogP contribution in [0.25, 0.3) is 0 Å². The van der Waals surface area contributed by atoms with Crippen molar-refractivity contribution in [3.05, 3.63) is 0 Å². The summed E-state index contributed by atoms with van der Waals surface area (Å²) >= 11 is 0. The van der Waals surface area contributed by atoms with Crippen LogP contribution in [0.5, 0.6) is 0 Å². The van der Waals surface area contributed by atoms with Crippen LogP contribution in [-0.2, 0) is 4.79 Å². The Morgan fingerprint density at radius 3 is 2.75 bits per heavy atom. The summed E-state index contributed by atoms with van der Waals surface area (Å²) in [6, 6.07) is -0.269. The Morgan fingerprint density at radius 2 is 2.50 bits per heavy atom. The zero-order chi connectivity index (χ0) is 5.98. The van der Waals surface area contributed by atoms with Crippen LogP contribution in [-0.4, -0.2) is 23.7 Å². The van der Waals surface area contributed by atoms with Gasteiger partial charge in [0, 0.05) is 0 Å². The van der Waals surface area contributed by atoms with Crippen LogP contribution in [0.15, 0.2) is 0 Å². The summed E-state index contributed by atoms with van der Waals surface area (Å²) in [5.74, 6) is -0.720. The second kappa shape index (κ2) is 2.13. The molecule has 1 fully saturated rings. The zero-order valence-corrected chi connectivity index (χ0v) is 4.55. The van der Waals surface area contributed by atoms with Gasteiger partial charge in [-0.2, -0.15) is 0 Å². The van der Waals surface area contributed by atoms with E-state index in [0.29, 0.717) is 0 Å². The van der Waals surface area contributed by atoms with Crippen LogP contribution in [0, 0.1) is 0 Å². The molecule has 1 rings (SSSR count). The maximum atomic E-state index is 10.1. The number of hydrogen-bond donors (Lipinski definition) is 2. The molecule has 1 aliphatic heterocycles. The predicted octanol–water partition coefficient (Wildman–Crippen LogP) is -0.177. The molecular weight excluding hydrogens is 109 g/mol. The number of carboxylic acid groups (broad SMARTS) is 1. The zero-order valence-electron chi connectivity index (χ0n) is 4.55. The first-order valence-electron chi connectivity index (χ1n) is 2.77. The lowest BCUT2D eigenvalue weighted by Gasteiger charge is -1.99. The highest BCUT2D eigenvalue weighted by molar-refractivity contribution is 5.73. The van der Waals surface area contributed by atoms with Gasteiger partial charge in [0.05, 0.1) is 0 Å². The third-order valence-electron chi connectivity index (χ3n) is 1.36. The lowest BCUT2D eigenvalue weighted by Crippen LogP contribution is -2.29. The predicted molar refractivity (Wildman–Crippen MR) is 28.7 cm³/mol. The van der Waals surface area contributed by atoms with E-state index in [9.17, 15) is 4.79 Å². The fourth-order valence-electron chi connectivity index (χ4n) is 0.895. The first-order valence-corrected chi connectivity index (χ1v) is 2.77. The summed E-state index contributed by atoms with van der Waals surface area (Å²) in [4.78, 5) is 10.1. The van der Waals surface area contributed by atoms with Crippen LogP contribution in [0.3, 0.4) is 0 Å². The molecule has 0 aliphatic carbocycles. The number of hydrogen-bond acceptors (Lipinski definition) is 2. The largest absolute Gasteiger partial charge is 0.480 e. The maximum absolute atomic E-state index is 10.1. The molecule has 0 aromatic rings. The van der Waals surface area contributed by atoms with Crippen molar-refractivity contribution in [3.8, 4) is 0 Å². The molecule has 2 N–H and O–H groups in total. The molecule has 1 unspecified atom stereocenters. The van der Waals surface area contributed by atoms with Crippen LogP contribution in [0.4, 0.5) is 0 Å². The lowest BCUT2D eigenvalue weighted by molar-refractivity contribution is -0.139. The van der Waals surface area contributed by atoms with Gasteiger partial charge in [0.15, 0.2) is 0 Å². The van der Waals surface area contributed by atoms with Crippen LogP contribution >= 0.6 is 0 Å². The molecule has 3 heteroatoms. The van der Waals surface area contributed by atoms with Crippen molar-refractivity contribution in [2.45, 2.75) is 18.9 Å². The van der Waals surface area contributed by atoms with E-state index < -0.39 is 5.97 Å². The molecule has 0 aromatic heterocycles. The van der Waals surface area contributed by atoms with Gasteiger partial charge in [-0.05, 0) is 19.4 Å². The molecule has 1 atom stereocenters. The second-order valence-corrected chi connectivity index (χ2v) is 1.99. The summed E-state index contributed by atoms with van der Waals surface area (Å²) in [6.45, 7) is 0.858. The van der Waals surface area contributed by atoms with Crippen molar-refractivity contribution in [1.82, 2.24) is 5.32 Å². The first-order chi connectivity index (χ1) is 3.80. The molecule has 8 heavy (non-hydrogen) atoms. The van der Waals surface area contributed by atoms with Gasteiger partial charge < -0.3 is 10.4 Å². The van der Waals surface area contributed by atoms with E-state index >= 15 is 0 Å². The summed E-state index contributed by atoms with van der Waals surface area (Å²) in [6.07, 6.45) is 1.78. The highest BCUT2D eigenvalue weighted by Gasteiger charge is 2.20. The van der Waals surface area contributed by atoms with Crippen molar-refractivity contribution in [2.24, 2.45) is 0 Å². The molecule has 0 spiro atoms. The Bertz CT molecular complexity index is 96.6. The quantitative estimate of drug-likeness (QED) is 0.371. The van der Waals surface area contributed by atoms with Crippen molar-refractivity contribution < 1.29 is 9.90 Å². The molecule has 0 radical (unpaired) electrons. The van der Waals surface area contributed by atoms with E-state index in [0.717, 1.165) is 19.4 Å². The average Bonchev–Trinajstić information content (AvgIpc) is 2.12. The third-order valence-corrected chi connectivity index (χ3v) is 1.36. The molecule has 0 amide bonds. The van der Waals surface area contributed by atoms with Gasteiger partial charge in [0.2, 0.25) is 0 Å². The number of carbonyl (C=O) groups is 1. The standard InChI is InChI=1S/C5H9NO2/c7-5(8)4-2-1-3-6-4/h4,6H,1-3H2,(H,7,8)/i4+1,5+1,6+1. The van der Waals surface area contributed by atoms with Gasteiger partial charge in [0.1, 0.15) is 6.04 Å². The fourth-order valence-corrected chi connectivity index (χ4v) is 0.895. The lowest BCUT2D eigenvalue weighted by atomic mass is 10.4. The monoisotopic (exact) mass is 118 g/mol. The van der Waals surface area contributed by atoms with E-state index in [4.69, 9.17) is 5.11 Å². The van der Waals surface area contributed by atoms with E-state index in [2.05, 4.69) is 5.32 Å². The number of aliphatic carboxylic acids is 1. The summed E-state index contributed by atoms with van der Waals surface area (Å²) < 4.78 is 0. The minimum atomic E-state index is -0.720.